The van der Waals surface area contributed by atoms with Crippen LogP contribution < -0.4 is 4.74 Å². The first kappa shape index (κ1) is 20.0. The van der Waals surface area contributed by atoms with E-state index in [0.29, 0.717) is 6.61 Å². The van der Waals surface area contributed by atoms with E-state index in [2.05, 4.69) is 46.2 Å². The van der Waals surface area contributed by atoms with Crippen molar-refractivity contribution in [2.75, 3.05) is 20.3 Å². The number of likely N-dealkylation sites (tertiary alicyclic amines) is 1. The zero-order valence-corrected chi connectivity index (χ0v) is 16.3. The Labute approximate surface area is 152 Å². The predicted octanol–water partition coefficient (Wildman–Crippen LogP) is 3.74. The van der Waals surface area contributed by atoms with Crippen molar-refractivity contribution in [2.45, 2.75) is 63.8 Å². The van der Waals surface area contributed by atoms with Gasteiger partial charge in [0, 0.05) is 11.1 Å². The summed E-state index contributed by atoms with van der Waals surface area (Å²) in [5, 5.41) is 10.2. The SMILES string of the molecule is C=Cc1ccc(OCC(O)COC2CC(C)(C)N(C)C(C)(C)C2)cc1. The van der Waals surface area contributed by atoms with Crippen LogP contribution in [-0.2, 0) is 4.74 Å². The van der Waals surface area contributed by atoms with Crippen LogP contribution in [0.15, 0.2) is 30.8 Å². The number of hydrogen-bond acceptors (Lipinski definition) is 4. The van der Waals surface area contributed by atoms with E-state index < -0.39 is 6.10 Å². The van der Waals surface area contributed by atoms with Crippen LogP contribution in [0.4, 0.5) is 0 Å². The first-order valence-corrected chi connectivity index (χ1v) is 9.03. The molecule has 0 aromatic heterocycles. The first-order chi connectivity index (χ1) is 11.6. The number of piperidine rings is 1. The molecule has 2 rings (SSSR count). The molecule has 140 valence electrons. The summed E-state index contributed by atoms with van der Waals surface area (Å²) in [4.78, 5) is 2.42. The van der Waals surface area contributed by atoms with Crippen molar-refractivity contribution in [1.29, 1.82) is 0 Å². The van der Waals surface area contributed by atoms with Crippen molar-refractivity contribution in [2.24, 2.45) is 0 Å². The normalized spacial score (nSPS) is 21.7. The molecule has 0 spiro atoms. The van der Waals surface area contributed by atoms with Crippen molar-refractivity contribution < 1.29 is 14.6 Å². The standard InChI is InChI=1S/C21H33NO3/c1-7-16-8-10-18(11-9-16)24-14-17(23)15-25-19-12-20(2,3)22(6)21(4,5)13-19/h7-11,17,19,23H,1,12-15H2,2-6H3. The monoisotopic (exact) mass is 347 g/mol. The maximum absolute atomic E-state index is 10.2. The Morgan fingerprint density at radius 3 is 2.24 bits per heavy atom. The third kappa shape index (κ3) is 5.30. The lowest BCUT2D eigenvalue weighted by Gasteiger charge is -2.53. The van der Waals surface area contributed by atoms with E-state index >= 15 is 0 Å². The van der Waals surface area contributed by atoms with E-state index in [1.807, 2.05) is 24.3 Å². The molecule has 1 aromatic rings. The van der Waals surface area contributed by atoms with Crippen LogP contribution in [0.2, 0.25) is 0 Å². The molecule has 1 aliphatic rings. The van der Waals surface area contributed by atoms with Gasteiger partial charge in [-0.05, 0) is 65.3 Å². The molecule has 1 atom stereocenters. The molecule has 0 radical (unpaired) electrons. The average Bonchev–Trinajstić information content (AvgIpc) is 2.56. The molecule has 4 heteroatoms. The van der Waals surface area contributed by atoms with E-state index in [4.69, 9.17) is 9.47 Å². The Hall–Kier alpha value is -1.36. The molecule has 4 nitrogen and oxygen atoms in total. The average molecular weight is 347 g/mol. The molecule has 0 aliphatic carbocycles. The topological polar surface area (TPSA) is 41.9 Å². The maximum Gasteiger partial charge on any atom is 0.119 e. The molecule has 1 heterocycles. The van der Waals surface area contributed by atoms with Gasteiger partial charge in [-0.1, -0.05) is 24.8 Å². The van der Waals surface area contributed by atoms with Gasteiger partial charge in [0.1, 0.15) is 18.5 Å². The fourth-order valence-corrected chi connectivity index (χ4v) is 3.59. The minimum atomic E-state index is -0.634. The highest BCUT2D eigenvalue weighted by Crippen LogP contribution is 2.38. The van der Waals surface area contributed by atoms with E-state index in [0.717, 1.165) is 24.2 Å². The molecular formula is C21H33NO3. The van der Waals surface area contributed by atoms with Crippen molar-refractivity contribution >= 4 is 6.08 Å². The summed E-state index contributed by atoms with van der Waals surface area (Å²) in [6, 6.07) is 7.64. The van der Waals surface area contributed by atoms with Crippen molar-refractivity contribution in [1.82, 2.24) is 4.90 Å². The number of nitrogens with zero attached hydrogens (tertiary/aromatic N) is 1. The molecule has 1 N–H and O–H groups in total. The lowest BCUT2D eigenvalue weighted by atomic mass is 9.79. The number of aliphatic hydroxyl groups excluding tert-OH is 1. The van der Waals surface area contributed by atoms with Crippen LogP contribution in [0.3, 0.4) is 0 Å². The Bertz CT molecular complexity index is 547. The number of ether oxygens (including phenoxy) is 2. The van der Waals surface area contributed by atoms with Crippen molar-refractivity contribution in [3.8, 4) is 5.75 Å². The lowest BCUT2D eigenvalue weighted by molar-refractivity contribution is -0.108. The maximum atomic E-state index is 10.2. The minimum absolute atomic E-state index is 0.0841. The quantitative estimate of drug-likeness (QED) is 0.816. The van der Waals surface area contributed by atoms with Gasteiger partial charge < -0.3 is 14.6 Å². The number of hydrogen-bond donors (Lipinski definition) is 1. The van der Waals surface area contributed by atoms with Crippen LogP contribution in [0.5, 0.6) is 5.75 Å². The summed E-state index contributed by atoms with van der Waals surface area (Å²) in [5.74, 6) is 0.742. The molecule has 1 fully saturated rings. The molecular weight excluding hydrogens is 314 g/mol. The Morgan fingerprint density at radius 2 is 1.72 bits per heavy atom. The Kier molecular flexibility index (Phi) is 6.30. The predicted molar refractivity (Wildman–Crippen MR) is 103 cm³/mol. The Balaban J connectivity index is 1.79. The fraction of sp³-hybridized carbons (Fsp3) is 0.619. The van der Waals surface area contributed by atoms with Crippen LogP contribution in [0.25, 0.3) is 6.08 Å². The van der Waals surface area contributed by atoms with Crippen LogP contribution >= 0.6 is 0 Å². The summed E-state index contributed by atoms with van der Waals surface area (Å²) in [6.07, 6.45) is 3.23. The van der Waals surface area contributed by atoms with E-state index in [1.54, 1.807) is 6.08 Å². The summed E-state index contributed by atoms with van der Waals surface area (Å²) >= 11 is 0. The second-order valence-corrected chi connectivity index (χ2v) is 8.29. The largest absolute Gasteiger partial charge is 0.491 e. The van der Waals surface area contributed by atoms with Gasteiger partial charge in [0.25, 0.3) is 0 Å². The zero-order chi connectivity index (χ0) is 18.7. The number of aliphatic hydroxyl groups is 1. The van der Waals surface area contributed by atoms with E-state index in [9.17, 15) is 5.11 Å². The van der Waals surface area contributed by atoms with Crippen molar-refractivity contribution in [3.05, 3.63) is 36.4 Å². The minimum Gasteiger partial charge on any atom is -0.491 e. The second-order valence-electron chi connectivity index (χ2n) is 8.29. The highest BCUT2D eigenvalue weighted by atomic mass is 16.5. The van der Waals surface area contributed by atoms with Gasteiger partial charge in [0.2, 0.25) is 0 Å². The summed E-state index contributed by atoms with van der Waals surface area (Å²) in [7, 11) is 2.18. The second kappa shape index (κ2) is 7.90. The smallest absolute Gasteiger partial charge is 0.119 e. The Morgan fingerprint density at radius 1 is 1.16 bits per heavy atom. The molecule has 1 aliphatic heterocycles. The molecule has 0 amide bonds. The van der Waals surface area contributed by atoms with Gasteiger partial charge >= 0.3 is 0 Å². The van der Waals surface area contributed by atoms with E-state index in [-0.39, 0.29) is 23.8 Å². The summed E-state index contributed by atoms with van der Waals surface area (Å²) in [5.41, 5.74) is 1.21. The van der Waals surface area contributed by atoms with Gasteiger partial charge in [-0.25, -0.2) is 0 Å². The third-order valence-electron chi connectivity index (χ3n) is 5.35. The third-order valence-corrected chi connectivity index (χ3v) is 5.35. The highest BCUT2D eigenvalue weighted by Gasteiger charge is 2.43. The highest BCUT2D eigenvalue weighted by molar-refractivity contribution is 5.48. The first-order valence-electron chi connectivity index (χ1n) is 9.03. The van der Waals surface area contributed by atoms with Crippen LogP contribution in [0.1, 0.15) is 46.1 Å². The molecule has 1 aromatic carbocycles. The van der Waals surface area contributed by atoms with Gasteiger partial charge in [-0.3, -0.25) is 4.90 Å². The fourth-order valence-electron chi connectivity index (χ4n) is 3.59. The zero-order valence-electron chi connectivity index (χ0n) is 16.3. The summed E-state index contributed by atoms with van der Waals surface area (Å²) in [6.45, 7) is 13.2. The van der Waals surface area contributed by atoms with Crippen LogP contribution in [-0.4, -0.2) is 53.6 Å². The van der Waals surface area contributed by atoms with Gasteiger partial charge in [0.15, 0.2) is 0 Å². The van der Waals surface area contributed by atoms with Gasteiger partial charge in [-0.2, -0.15) is 0 Å². The number of benzene rings is 1. The van der Waals surface area contributed by atoms with Gasteiger partial charge in [0.05, 0.1) is 12.7 Å². The van der Waals surface area contributed by atoms with Crippen molar-refractivity contribution in [3.63, 3.8) is 0 Å². The molecule has 1 saturated heterocycles. The number of rotatable bonds is 7. The van der Waals surface area contributed by atoms with E-state index in [1.165, 1.54) is 0 Å². The molecule has 25 heavy (non-hydrogen) atoms. The van der Waals surface area contributed by atoms with Crippen LogP contribution in [0, 0.1) is 0 Å². The molecule has 0 saturated carbocycles. The molecule has 1 unspecified atom stereocenters. The summed E-state index contributed by atoms with van der Waals surface area (Å²) < 4.78 is 11.7. The van der Waals surface area contributed by atoms with Gasteiger partial charge in [-0.15, -0.1) is 0 Å². The molecule has 0 bridgehead atoms. The lowest BCUT2D eigenvalue weighted by Crippen LogP contribution is -2.60.